The summed E-state index contributed by atoms with van der Waals surface area (Å²) in [4.78, 5) is 29.3. The van der Waals surface area contributed by atoms with Crippen LogP contribution in [0.15, 0.2) is 91.3 Å². The number of nitrogens with one attached hydrogen (secondary N) is 1. The van der Waals surface area contributed by atoms with E-state index in [4.69, 9.17) is 10.5 Å². The lowest BCUT2D eigenvalue weighted by atomic mass is 9.98. The van der Waals surface area contributed by atoms with Crippen molar-refractivity contribution in [2.24, 2.45) is 5.73 Å². The van der Waals surface area contributed by atoms with E-state index in [0.717, 1.165) is 10.8 Å². The Hall–Kier alpha value is -4.03. The maximum Gasteiger partial charge on any atom is 0.343 e. The molecule has 0 radical (unpaired) electrons. The van der Waals surface area contributed by atoms with Crippen LogP contribution in [0.4, 0.5) is 5.69 Å². The van der Waals surface area contributed by atoms with Crippen LogP contribution in [0.25, 0.3) is 10.8 Å². The van der Waals surface area contributed by atoms with E-state index in [0.29, 0.717) is 22.6 Å². The molecule has 3 aromatic carbocycles. The summed E-state index contributed by atoms with van der Waals surface area (Å²) >= 11 is 0. The molecule has 0 bridgehead atoms. The van der Waals surface area contributed by atoms with E-state index in [1.54, 1.807) is 60.9 Å². The van der Waals surface area contributed by atoms with Gasteiger partial charge in [0.1, 0.15) is 5.75 Å². The summed E-state index contributed by atoms with van der Waals surface area (Å²) in [6.45, 7) is 0.111. The second-order valence-corrected chi connectivity index (χ2v) is 7.04. The Morgan fingerprint density at radius 2 is 1.77 bits per heavy atom. The SMILES string of the molecule is NCC(C(=O)Nc1ccc2cnccc2c1)c1cccc(OC(=O)c2ccccc2)c1. The molecule has 0 aliphatic heterocycles. The van der Waals surface area contributed by atoms with Crippen LogP contribution in [0.3, 0.4) is 0 Å². The first-order chi connectivity index (χ1) is 15.1. The molecule has 4 aromatic rings. The van der Waals surface area contributed by atoms with Crippen LogP contribution >= 0.6 is 0 Å². The third-order valence-corrected chi connectivity index (χ3v) is 4.94. The highest BCUT2D eigenvalue weighted by atomic mass is 16.5. The van der Waals surface area contributed by atoms with Crippen LogP contribution in [-0.4, -0.2) is 23.4 Å². The second kappa shape index (κ2) is 9.19. The van der Waals surface area contributed by atoms with E-state index in [1.165, 1.54) is 0 Å². The van der Waals surface area contributed by atoms with E-state index in [1.807, 2.05) is 30.3 Å². The fraction of sp³-hybridized carbons (Fsp3) is 0.0800. The van der Waals surface area contributed by atoms with Gasteiger partial charge in [0, 0.05) is 30.0 Å². The van der Waals surface area contributed by atoms with Gasteiger partial charge in [0.15, 0.2) is 0 Å². The van der Waals surface area contributed by atoms with Crippen molar-refractivity contribution in [2.45, 2.75) is 5.92 Å². The molecule has 1 heterocycles. The average Bonchev–Trinajstić information content (AvgIpc) is 2.80. The molecule has 1 unspecified atom stereocenters. The van der Waals surface area contributed by atoms with Gasteiger partial charge in [-0.05, 0) is 53.4 Å². The molecule has 154 valence electrons. The zero-order chi connectivity index (χ0) is 21.6. The summed E-state index contributed by atoms with van der Waals surface area (Å²) < 4.78 is 5.46. The molecule has 3 N–H and O–H groups in total. The number of nitrogens with two attached hydrogens (primary N) is 1. The molecule has 6 nitrogen and oxygen atoms in total. The first-order valence-electron chi connectivity index (χ1n) is 9.86. The number of amides is 1. The zero-order valence-electron chi connectivity index (χ0n) is 16.7. The lowest BCUT2D eigenvalue weighted by Crippen LogP contribution is -2.27. The summed E-state index contributed by atoms with van der Waals surface area (Å²) in [7, 11) is 0. The molecule has 0 aliphatic rings. The Kier molecular flexibility index (Phi) is 6.01. The summed E-state index contributed by atoms with van der Waals surface area (Å²) in [5.74, 6) is -0.932. The van der Waals surface area contributed by atoms with Gasteiger partial charge in [-0.1, -0.05) is 36.4 Å². The third kappa shape index (κ3) is 4.76. The normalized spacial score (nSPS) is 11.6. The summed E-state index contributed by atoms with van der Waals surface area (Å²) in [6.07, 6.45) is 3.48. The lowest BCUT2D eigenvalue weighted by molar-refractivity contribution is -0.117. The van der Waals surface area contributed by atoms with Gasteiger partial charge >= 0.3 is 5.97 Å². The quantitative estimate of drug-likeness (QED) is 0.367. The van der Waals surface area contributed by atoms with Crippen LogP contribution in [0, 0.1) is 0 Å². The maximum atomic E-state index is 12.9. The molecule has 0 saturated heterocycles. The molecule has 0 aliphatic carbocycles. The molecule has 1 aromatic heterocycles. The predicted molar refractivity (Wildman–Crippen MR) is 120 cm³/mol. The van der Waals surface area contributed by atoms with Gasteiger partial charge in [-0.15, -0.1) is 0 Å². The van der Waals surface area contributed by atoms with Crippen molar-refractivity contribution in [3.8, 4) is 5.75 Å². The van der Waals surface area contributed by atoms with Crippen LogP contribution in [0.2, 0.25) is 0 Å². The monoisotopic (exact) mass is 411 g/mol. The Morgan fingerprint density at radius 3 is 2.58 bits per heavy atom. The third-order valence-electron chi connectivity index (χ3n) is 4.94. The van der Waals surface area contributed by atoms with Crippen LogP contribution in [-0.2, 0) is 4.79 Å². The largest absolute Gasteiger partial charge is 0.423 e. The number of hydrogen-bond donors (Lipinski definition) is 2. The molecule has 0 spiro atoms. The molecule has 4 rings (SSSR count). The molecule has 0 fully saturated rings. The summed E-state index contributed by atoms with van der Waals surface area (Å²) in [6, 6.07) is 23.1. The number of nitrogens with zero attached hydrogens (tertiary/aromatic N) is 1. The van der Waals surface area contributed by atoms with Crippen LogP contribution in [0.1, 0.15) is 21.8 Å². The molecule has 31 heavy (non-hydrogen) atoms. The highest BCUT2D eigenvalue weighted by Gasteiger charge is 2.20. The number of ether oxygens (including phenoxy) is 1. The first-order valence-corrected chi connectivity index (χ1v) is 9.86. The first kappa shape index (κ1) is 20.3. The van der Waals surface area contributed by atoms with E-state index in [2.05, 4.69) is 10.3 Å². The molecule has 1 atom stereocenters. The second-order valence-electron chi connectivity index (χ2n) is 7.04. The van der Waals surface area contributed by atoms with Crippen molar-refractivity contribution in [2.75, 3.05) is 11.9 Å². The lowest BCUT2D eigenvalue weighted by Gasteiger charge is -2.16. The topological polar surface area (TPSA) is 94.3 Å². The highest BCUT2D eigenvalue weighted by molar-refractivity contribution is 5.98. The average molecular weight is 411 g/mol. The zero-order valence-corrected chi connectivity index (χ0v) is 16.7. The molecular formula is C25H21N3O3. The standard InChI is InChI=1S/C25H21N3O3/c26-15-23(24(29)28-21-10-9-20-16-27-12-11-18(20)13-21)19-7-4-8-22(14-19)31-25(30)17-5-2-1-3-6-17/h1-14,16,23H,15,26H2,(H,28,29). The Bertz CT molecular complexity index is 1220. The Morgan fingerprint density at radius 1 is 0.935 bits per heavy atom. The number of carbonyl (C=O) groups excluding carboxylic acids is 2. The van der Waals surface area contributed by atoms with Gasteiger partial charge in [0.2, 0.25) is 5.91 Å². The fourth-order valence-corrected chi connectivity index (χ4v) is 3.32. The van der Waals surface area contributed by atoms with Crippen LogP contribution in [0.5, 0.6) is 5.75 Å². The van der Waals surface area contributed by atoms with Gasteiger partial charge in [-0.25, -0.2) is 4.79 Å². The number of benzene rings is 3. The van der Waals surface area contributed by atoms with Gasteiger partial charge in [-0.2, -0.15) is 0 Å². The predicted octanol–water partition coefficient (Wildman–Crippen LogP) is 4.14. The van der Waals surface area contributed by atoms with Gasteiger partial charge in [0.25, 0.3) is 0 Å². The van der Waals surface area contributed by atoms with Gasteiger partial charge < -0.3 is 15.8 Å². The smallest absolute Gasteiger partial charge is 0.343 e. The summed E-state index contributed by atoms with van der Waals surface area (Å²) in [5, 5.41) is 4.89. The number of esters is 1. The number of fused-ring (bicyclic) bond motifs is 1. The van der Waals surface area contributed by atoms with E-state index in [9.17, 15) is 9.59 Å². The highest BCUT2D eigenvalue weighted by Crippen LogP contribution is 2.24. The van der Waals surface area contributed by atoms with E-state index >= 15 is 0 Å². The van der Waals surface area contributed by atoms with Crippen molar-refractivity contribution in [3.63, 3.8) is 0 Å². The van der Waals surface area contributed by atoms with Crippen molar-refractivity contribution in [3.05, 3.63) is 102 Å². The number of pyridine rings is 1. The summed E-state index contributed by atoms with van der Waals surface area (Å²) in [5.41, 5.74) is 7.71. The van der Waals surface area contributed by atoms with E-state index in [-0.39, 0.29) is 12.5 Å². The fourth-order valence-electron chi connectivity index (χ4n) is 3.32. The van der Waals surface area contributed by atoms with Crippen molar-refractivity contribution >= 4 is 28.3 Å². The molecule has 1 amide bonds. The number of carbonyl (C=O) groups is 2. The minimum absolute atomic E-state index is 0.111. The van der Waals surface area contributed by atoms with Crippen LogP contribution < -0.4 is 15.8 Å². The molecule has 0 saturated carbocycles. The minimum Gasteiger partial charge on any atom is -0.423 e. The van der Waals surface area contributed by atoms with Crippen molar-refractivity contribution in [1.29, 1.82) is 0 Å². The Labute approximate surface area is 179 Å². The number of rotatable bonds is 6. The van der Waals surface area contributed by atoms with E-state index < -0.39 is 11.9 Å². The Balaban J connectivity index is 1.50. The van der Waals surface area contributed by atoms with Gasteiger partial charge in [-0.3, -0.25) is 9.78 Å². The van der Waals surface area contributed by atoms with Crippen molar-refractivity contribution < 1.29 is 14.3 Å². The minimum atomic E-state index is -0.594. The molecule has 6 heteroatoms. The van der Waals surface area contributed by atoms with Gasteiger partial charge in [0.05, 0.1) is 11.5 Å². The molecular weight excluding hydrogens is 390 g/mol. The number of hydrogen-bond acceptors (Lipinski definition) is 5. The number of aromatic nitrogens is 1. The maximum absolute atomic E-state index is 12.9. The van der Waals surface area contributed by atoms with Crippen molar-refractivity contribution in [1.82, 2.24) is 4.98 Å². The number of anilines is 1.